The van der Waals surface area contributed by atoms with E-state index in [1.807, 2.05) is 13.8 Å². The second kappa shape index (κ2) is 3.59. The molecule has 4 heteroatoms. The number of aliphatic imine (C=N–C) groups is 1. The molecule has 0 radical (unpaired) electrons. The minimum atomic E-state index is -1.49. The number of carbonyl (C=O) groups is 1. The van der Waals surface area contributed by atoms with Crippen molar-refractivity contribution in [2.75, 3.05) is 6.54 Å². The lowest BCUT2D eigenvalue weighted by Crippen LogP contribution is -2.45. The molecule has 0 spiro atoms. The largest absolute Gasteiger partial charge is 0.362 e. The molecule has 1 atom stereocenters. The van der Waals surface area contributed by atoms with Crippen molar-refractivity contribution in [2.24, 2.45) is 10.9 Å². The van der Waals surface area contributed by atoms with Crippen LogP contribution in [0.15, 0.2) is 4.99 Å². The highest BCUT2D eigenvalue weighted by Gasteiger charge is 2.48. The van der Waals surface area contributed by atoms with Crippen molar-refractivity contribution >= 4 is 11.7 Å². The van der Waals surface area contributed by atoms with E-state index >= 15 is 0 Å². The molecule has 2 aliphatic heterocycles. The van der Waals surface area contributed by atoms with E-state index in [4.69, 9.17) is 0 Å². The normalized spacial score (nSPS) is 31.6. The lowest BCUT2D eigenvalue weighted by molar-refractivity contribution is -0.147. The summed E-state index contributed by atoms with van der Waals surface area (Å²) in [7, 11) is 0. The van der Waals surface area contributed by atoms with Gasteiger partial charge in [0.15, 0.2) is 0 Å². The highest BCUT2D eigenvalue weighted by Crippen LogP contribution is 2.30. The highest BCUT2D eigenvalue weighted by atomic mass is 16.3. The second-order valence-electron chi connectivity index (χ2n) is 4.68. The fourth-order valence-electron chi connectivity index (χ4n) is 2.15. The zero-order chi connectivity index (χ0) is 11.1. The summed E-state index contributed by atoms with van der Waals surface area (Å²) in [6.45, 7) is 4.37. The maximum atomic E-state index is 12.0. The number of rotatable bonds is 1. The number of carbonyl (C=O) groups excluding carboxylic acids is 1. The van der Waals surface area contributed by atoms with Crippen LogP contribution in [-0.4, -0.2) is 34.0 Å². The molecule has 2 rings (SSSR count). The van der Waals surface area contributed by atoms with Crippen molar-refractivity contribution in [2.45, 2.75) is 45.3 Å². The molecule has 0 aliphatic carbocycles. The van der Waals surface area contributed by atoms with Crippen LogP contribution < -0.4 is 0 Å². The number of amides is 1. The lowest BCUT2D eigenvalue weighted by Gasteiger charge is -2.23. The van der Waals surface area contributed by atoms with E-state index in [0.29, 0.717) is 6.54 Å². The molecule has 2 heterocycles. The monoisotopic (exact) mass is 210 g/mol. The summed E-state index contributed by atoms with van der Waals surface area (Å²) < 4.78 is 0. The number of fused-ring (bicyclic) bond motifs is 1. The first-order chi connectivity index (χ1) is 7.05. The Bertz CT molecular complexity index is 312. The third kappa shape index (κ3) is 1.57. The summed E-state index contributed by atoms with van der Waals surface area (Å²) in [5, 5.41) is 10.2. The summed E-state index contributed by atoms with van der Waals surface area (Å²) in [4.78, 5) is 17.9. The molecular formula is C11H18N2O2. The quantitative estimate of drug-likeness (QED) is 0.705. The predicted molar refractivity (Wildman–Crippen MR) is 57.4 cm³/mol. The molecule has 1 fully saturated rings. The Hall–Kier alpha value is -0.900. The van der Waals surface area contributed by atoms with Gasteiger partial charge in [-0.3, -0.25) is 9.69 Å². The van der Waals surface area contributed by atoms with Gasteiger partial charge in [0.2, 0.25) is 5.72 Å². The Morgan fingerprint density at radius 1 is 1.40 bits per heavy atom. The maximum Gasteiger partial charge on any atom is 0.283 e. The summed E-state index contributed by atoms with van der Waals surface area (Å²) in [5.41, 5.74) is -1.49. The van der Waals surface area contributed by atoms with E-state index in [9.17, 15) is 9.90 Å². The first-order valence-corrected chi connectivity index (χ1v) is 5.69. The molecule has 0 saturated carbocycles. The first-order valence-electron chi connectivity index (χ1n) is 5.69. The van der Waals surface area contributed by atoms with Crippen molar-refractivity contribution in [3.05, 3.63) is 0 Å². The molecule has 15 heavy (non-hydrogen) atoms. The van der Waals surface area contributed by atoms with Gasteiger partial charge < -0.3 is 5.11 Å². The molecule has 84 valence electrons. The summed E-state index contributed by atoms with van der Waals surface area (Å²) in [6.07, 6.45) is 4.04. The molecule has 0 aromatic carbocycles. The van der Waals surface area contributed by atoms with E-state index in [1.165, 1.54) is 0 Å². The second-order valence-corrected chi connectivity index (χ2v) is 4.68. The van der Waals surface area contributed by atoms with Gasteiger partial charge in [-0.2, -0.15) is 0 Å². The fraction of sp³-hybridized carbons (Fsp3) is 0.818. The minimum absolute atomic E-state index is 0.163. The van der Waals surface area contributed by atoms with Crippen LogP contribution in [0.4, 0.5) is 0 Å². The topological polar surface area (TPSA) is 52.9 Å². The van der Waals surface area contributed by atoms with Crippen LogP contribution in [0, 0.1) is 5.92 Å². The van der Waals surface area contributed by atoms with Crippen molar-refractivity contribution in [3.8, 4) is 0 Å². The zero-order valence-corrected chi connectivity index (χ0v) is 9.36. The van der Waals surface area contributed by atoms with E-state index < -0.39 is 5.72 Å². The Kier molecular flexibility index (Phi) is 2.54. The Morgan fingerprint density at radius 2 is 2.13 bits per heavy atom. The molecule has 0 aromatic heterocycles. The van der Waals surface area contributed by atoms with E-state index in [0.717, 1.165) is 31.5 Å². The smallest absolute Gasteiger partial charge is 0.283 e. The summed E-state index contributed by atoms with van der Waals surface area (Å²) in [6, 6.07) is 0. The first kappa shape index (κ1) is 10.6. The maximum absolute atomic E-state index is 12.0. The average Bonchev–Trinajstić information content (AvgIpc) is 2.40. The van der Waals surface area contributed by atoms with Gasteiger partial charge in [0.25, 0.3) is 5.91 Å². The van der Waals surface area contributed by atoms with Crippen LogP contribution in [0.5, 0.6) is 0 Å². The van der Waals surface area contributed by atoms with Gasteiger partial charge in [0.1, 0.15) is 5.84 Å². The van der Waals surface area contributed by atoms with Crippen LogP contribution in [-0.2, 0) is 4.79 Å². The van der Waals surface area contributed by atoms with Crippen LogP contribution in [0.3, 0.4) is 0 Å². The molecule has 1 amide bonds. The van der Waals surface area contributed by atoms with Gasteiger partial charge >= 0.3 is 0 Å². The molecule has 4 nitrogen and oxygen atoms in total. The minimum Gasteiger partial charge on any atom is -0.362 e. The van der Waals surface area contributed by atoms with Crippen LogP contribution in [0.1, 0.15) is 39.5 Å². The predicted octanol–water partition coefficient (Wildman–Crippen LogP) is 1.15. The molecular weight excluding hydrogens is 192 g/mol. The van der Waals surface area contributed by atoms with Crippen LogP contribution in [0.25, 0.3) is 0 Å². The highest BCUT2D eigenvalue weighted by molar-refractivity contribution is 6.07. The standard InChI is InChI=1S/C11H18N2O2/c1-8(2)11(15)10(14)13-7-5-3-4-6-9(13)12-11/h8,15H,3-7H2,1-2H3. The van der Waals surface area contributed by atoms with Crippen molar-refractivity contribution in [1.82, 2.24) is 4.90 Å². The number of aliphatic hydroxyl groups is 1. The third-order valence-electron chi connectivity index (χ3n) is 3.26. The number of hydrogen-bond acceptors (Lipinski definition) is 3. The van der Waals surface area contributed by atoms with Crippen molar-refractivity contribution < 1.29 is 9.90 Å². The van der Waals surface area contributed by atoms with Gasteiger partial charge in [-0.25, -0.2) is 4.99 Å². The number of hydrogen-bond donors (Lipinski definition) is 1. The van der Waals surface area contributed by atoms with Gasteiger partial charge in [-0.05, 0) is 12.8 Å². The SMILES string of the molecule is CC(C)C1(O)N=C2CCCCCN2C1=O. The van der Waals surface area contributed by atoms with Crippen molar-refractivity contribution in [1.29, 1.82) is 0 Å². The Morgan fingerprint density at radius 3 is 2.80 bits per heavy atom. The van der Waals surface area contributed by atoms with Crippen molar-refractivity contribution in [3.63, 3.8) is 0 Å². The van der Waals surface area contributed by atoms with E-state index in [-0.39, 0.29) is 11.8 Å². The van der Waals surface area contributed by atoms with E-state index in [1.54, 1.807) is 4.90 Å². The summed E-state index contributed by atoms with van der Waals surface area (Å²) >= 11 is 0. The van der Waals surface area contributed by atoms with Gasteiger partial charge in [0.05, 0.1) is 0 Å². The van der Waals surface area contributed by atoms with Crippen LogP contribution >= 0.6 is 0 Å². The van der Waals surface area contributed by atoms with Gasteiger partial charge in [0, 0.05) is 18.9 Å². The number of nitrogens with zero attached hydrogens (tertiary/aromatic N) is 2. The lowest BCUT2D eigenvalue weighted by atomic mass is 10.00. The van der Waals surface area contributed by atoms with Gasteiger partial charge in [-0.1, -0.05) is 20.3 Å². The molecule has 1 unspecified atom stereocenters. The Balaban J connectivity index is 2.30. The van der Waals surface area contributed by atoms with Gasteiger partial charge in [-0.15, -0.1) is 0 Å². The van der Waals surface area contributed by atoms with E-state index in [2.05, 4.69) is 4.99 Å². The summed E-state index contributed by atoms with van der Waals surface area (Å²) in [5.74, 6) is 0.396. The molecule has 2 aliphatic rings. The molecule has 0 aromatic rings. The Labute approximate surface area is 90.0 Å². The zero-order valence-electron chi connectivity index (χ0n) is 9.36. The molecule has 0 bridgehead atoms. The van der Waals surface area contributed by atoms with Crippen LogP contribution in [0.2, 0.25) is 0 Å². The number of amidine groups is 1. The fourth-order valence-corrected chi connectivity index (χ4v) is 2.15. The molecule has 1 saturated heterocycles. The molecule has 1 N–H and O–H groups in total. The third-order valence-corrected chi connectivity index (χ3v) is 3.26. The average molecular weight is 210 g/mol.